The maximum absolute atomic E-state index is 13.1. The zero-order valence-corrected chi connectivity index (χ0v) is 19.1. The van der Waals surface area contributed by atoms with Crippen LogP contribution >= 0.6 is 15.9 Å². The van der Waals surface area contributed by atoms with E-state index in [2.05, 4.69) is 41.5 Å². The first kappa shape index (κ1) is 24.6. The van der Waals surface area contributed by atoms with Gasteiger partial charge in [0.05, 0.1) is 16.2 Å². The van der Waals surface area contributed by atoms with Crippen LogP contribution in [0.25, 0.3) is 11.1 Å². The smallest absolute Gasteiger partial charge is 0.403 e. The van der Waals surface area contributed by atoms with Gasteiger partial charge in [0.15, 0.2) is 0 Å². The van der Waals surface area contributed by atoms with Crippen LogP contribution in [-0.2, 0) is 6.18 Å². The zero-order chi connectivity index (χ0) is 24.9. The summed E-state index contributed by atoms with van der Waals surface area (Å²) >= 11 is 3.19. The molecule has 3 aromatic rings. The average molecular weight is 536 g/mol. The Labute approximate surface area is 199 Å². The van der Waals surface area contributed by atoms with Crippen molar-refractivity contribution in [3.05, 3.63) is 80.7 Å². The van der Waals surface area contributed by atoms with Gasteiger partial charge >= 0.3 is 6.18 Å². The molecule has 4 N–H and O–H groups in total. The maximum atomic E-state index is 13.1. The van der Waals surface area contributed by atoms with E-state index < -0.39 is 16.7 Å². The fourth-order valence-corrected chi connectivity index (χ4v) is 3.46. The highest BCUT2D eigenvalue weighted by Gasteiger charge is 2.31. The first-order chi connectivity index (χ1) is 16.1. The number of hydrogen-bond acceptors (Lipinski definition) is 8. The maximum Gasteiger partial charge on any atom is 0.416 e. The lowest BCUT2D eigenvalue weighted by Crippen LogP contribution is -2.09. The number of aliphatic imine (C=N–C) groups is 1. The average Bonchev–Trinajstić information content (AvgIpc) is 2.79. The summed E-state index contributed by atoms with van der Waals surface area (Å²) in [5, 5.41) is 17.0. The minimum Gasteiger partial charge on any atom is -0.403 e. The molecular weight excluding hydrogens is 519 g/mol. The molecule has 176 valence electrons. The standard InChI is InChI=1S/C21H17BrF3N7O2/c1-27-10-14(9-26)30-20-28-11-17(16-6-5-12(7-18(16)22)21(23,24)25)19(31-20)29-13-3-2-4-15(8-13)32(33)34/h2-11H,26H2,1H3,(H2,28,29,30,31). The number of benzene rings is 2. The lowest BCUT2D eigenvalue weighted by molar-refractivity contribution is -0.384. The molecule has 0 radical (unpaired) electrons. The Balaban J connectivity index is 2.10. The van der Waals surface area contributed by atoms with Crippen LogP contribution < -0.4 is 16.4 Å². The van der Waals surface area contributed by atoms with Crippen LogP contribution in [-0.4, -0.2) is 28.2 Å². The molecule has 0 unspecified atom stereocenters. The summed E-state index contributed by atoms with van der Waals surface area (Å²) < 4.78 is 39.4. The molecular formula is C21H17BrF3N7O2. The lowest BCUT2D eigenvalue weighted by atomic mass is 10.1. The van der Waals surface area contributed by atoms with E-state index in [0.29, 0.717) is 22.5 Å². The van der Waals surface area contributed by atoms with Crippen LogP contribution in [0.15, 0.2) is 70.0 Å². The first-order valence-electron chi connectivity index (χ1n) is 9.49. The molecule has 0 atom stereocenters. The van der Waals surface area contributed by atoms with Crippen LogP contribution in [0.4, 0.5) is 36.3 Å². The summed E-state index contributed by atoms with van der Waals surface area (Å²) in [6.07, 6.45) is -0.414. The number of halogens is 4. The van der Waals surface area contributed by atoms with Crippen LogP contribution in [0, 0.1) is 10.1 Å². The van der Waals surface area contributed by atoms with E-state index in [1.165, 1.54) is 42.9 Å². The molecule has 9 nitrogen and oxygen atoms in total. The molecule has 2 aromatic carbocycles. The number of alkyl halides is 3. The second kappa shape index (κ2) is 10.3. The molecule has 0 bridgehead atoms. The Bertz CT molecular complexity index is 1280. The summed E-state index contributed by atoms with van der Waals surface area (Å²) in [7, 11) is 1.55. The second-order valence-electron chi connectivity index (χ2n) is 6.72. The van der Waals surface area contributed by atoms with E-state index in [4.69, 9.17) is 5.73 Å². The van der Waals surface area contributed by atoms with E-state index in [0.717, 1.165) is 12.1 Å². The summed E-state index contributed by atoms with van der Waals surface area (Å²) in [4.78, 5) is 23.1. The van der Waals surface area contributed by atoms with Crippen molar-refractivity contribution in [1.29, 1.82) is 0 Å². The van der Waals surface area contributed by atoms with E-state index in [1.807, 2.05) is 0 Å². The number of nitro groups is 1. The number of nitrogens with one attached hydrogen (secondary N) is 2. The van der Waals surface area contributed by atoms with Gasteiger partial charge in [-0.25, -0.2) is 4.98 Å². The number of allylic oxidation sites excluding steroid dienone is 1. The van der Waals surface area contributed by atoms with E-state index in [1.54, 1.807) is 13.1 Å². The van der Waals surface area contributed by atoms with E-state index in [-0.39, 0.29) is 21.9 Å². The topological polar surface area (TPSA) is 131 Å². The molecule has 0 amide bonds. The van der Waals surface area contributed by atoms with Crippen LogP contribution in [0.2, 0.25) is 0 Å². The number of aromatic nitrogens is 2. The predicted octanol–water partition coefficient (Wildman–Crippen LogP) is 5.49. The minimum atomic E-state index is -4.51. The van der Waals surface area contributed by atoms with Crippen LogP contribution in [0.1, 0.15) is 5.56 Å². The van der Waals surface area contributed by atoms with Gasteiger partial charge in [-0.15, -0.1) is 0 Å². The number of nitrogens with zero attached hydrogens (tertiary/aromatic N) is 4. The van der Waals surface area contributed by atoms with Crippen molar-refractivity contribution in [1.82, 2.24) is 9.97 Å². The molecule has 0 aliphatic heterocycles. The number of nitro benzene ring substituents is 1. The second-order valence-corrected chi connectivity index (χ2v) is 7.57. The third kappa shape index (κ3) is 5.86. The highest BCUT2D eigenvalue weighted by Crippen LogP contribution is 2.38. The van der Waals surface area contributed by atoms with Crippen molar-refractivity contribution < 1.29 is 18.1 Å². The van der Waals surface area contributed by atoms with Gasteiger partial charge < -0.3 is 16.4 Å². The summed E-state index contributed by atoms with van der Waals surface area (Å²) in [5.41, 5.74) is 6.03. The molecule has 1 aromatic heterocycles. The quantitative estimate of drug-likeness (QED) is 0.207. The van der Waals surface area contributed by atoms with Gasteiger partial charge in [0.2, 0.25) is 5.95 Å². The van der Waals surface area contributed by atoms with E-state index in [9.17, 15) is 23.3 Å². The van der Waals surface area contributed by atoms with E-state index >= 15 is 0 Å². The van der Waals surface area contributed by atoms with Crippen molar-refractivity contribution in [3.8, 4) is 11.1 Å². The Kier molecular flexibility index (Phi) is 7.46. The third-order valence-electron chi connectivity index (χ3n) is 4.40. The highest BCUT2D eigenvalue weighted by molar-refractivity contribution is 9.10. The highest BCUT2D eigenvalue weighted by atomic mass is 79.9. The van der Waals surface area contributed by atoms with Gasteiger partial charge in [-0.05, 0) is 18.2 Å². The molecule has 13 heteroatoms. The lowest BCUT2D eigenvalue weighted by Gasteiger charge is -2.15. The van der Waals surface area contributed by atoms with Crippen molar-refractivity contribution in [3.63, 3.8) is 0 Å². The molecule has 34 heavy (non-hydrogen) atoms. The van der Waals surface area contributed by atoms with Gasteiger partial charge in [0, 0.05) is 59.1 Å². The van der Waals surface area contributed by atoms with Gasteiger partial charge in [0.1, 0.15) is 5.82 Å². The SMILES string of the molecule is CN=CC(=CN)Nc1ncc(-c2ccc(C(F)(F)F)cc2Br)c(Nc2cccc([N+](=O)[O-])c2)n1. The van der Waals surface area contributed by atoms with Crippen LogP contribution in [0.3, 0.4) is 0 Å². The first-order valence-corrected chi connectivity index (χ1v) is 10.3. The van der Waals surface area contributed by atoms with Gasteiger partial charge in [-0.3, -0.25) is 15.1 Å². The fourth-order valence-electron chi connectivity index (χ4n) is 2.86. The number of hydrogen-bond donors (Lipinski definition) is 3. The number of nitrogens with two attached hydrogens (primary N) is 1. The van der Waals surface area contributed by atoms with Crippen molar-refractivity contribution in [2.24, 2.45) is 10.7 Å². The Morgan fingerprint density at radius 2 is 2.00 bits per heavy atom. The summed E-state index contributed by atoms with van der Waals surface area (Å²) in [6.45, 7) is 0. The Hall–Kier alpha value is -4.00. The van der Waals surface area contributed by atoms with Crippen molar-refractivity contribution >= 4 is 45.3 Å². The van der Waals surface area contributed by atoms with Crippen molar-refractivity contribution in [2.75, 3.05) is 17.7 Å². The monoisotopic (exact) mass is 535 g/mol. The number of anilines is 3. The molecule has 3 rings (SSSR count). The van der Waals surface area contributed by atoms with Gasteiger partial charge in [-0.2, -0.15) is 18.2 Å². The third-order valence-corrected chi connectivity index (χ3v) is 5.06. The summed E-state index contributed by atoms with van der Waals surface area (Å²) in [5.74, 6) is 0.291. The van der Waals surface area contributed by atoms with Gasteiger partial charge in [0.25, 0.3) is 5.69 Å². The van der Waals surface area contributed by atoms with Gasteiger partial charge in [-0.1, -0.05) is 28.1 Å². The molecule has 0 spiro atoms. The normalized spacial score (nSPS) is 12.1. The van der Waals surface area contributed by atoms with Crippen LogP contribution in [0.5, 0.6) is 0 Å². The molecule has 0 fully saturated rings. The zero-order valence-electron chi connectivity index (χ0n) is 17.5. The number of non-ortho nitro benzene ring substituents is 1. The number of rotatable bonds is 7. The largest absolute Gasteiger partial charge is 0.416 e. The predicted molar refractivity (Wildman–Crippen MR) is 127 cm³/mol. The molecule has 0 aliphatic carbocycles. The Morgan fingerprint density at radius 1 is 1.24 bits per heavy atom. The molecule has 0 aliphatic rings. The fraction of sp³-hybridized carbons (Fsp3) is 0.0952. The summed E-state index contributed by atoms with van der Waals surface area (Å²) in [6, 6.07) is 8.88. The van der Waals surface area contributed by atoms with Crippen molar-refractivity contribution in [2.45, 2.75) is 6.18 Å². The molecule has 0 saturated heterocycles. The minimum absolute atomic E-state index is 0.108. The molecule has 1 heterocycles. The Morgan fingerprint density at radius 3 is 2.62 bits per heavy atom. The molecule has 0 saturated carbocycles.